The third-order valence-electron chi connectivity index (χ3n) is 5.80. The van der Waals surface area contributed by atoms with Crippen LogP contribution in [-0.2, 0) is 9.59 Å². The van der Waals surface area contributed by atoms with E-state index in [0.29, 0.717) is 16.8 Å². The highest BCUT2D eigenvalue weighted by molar-refractivity contribution is 7.99. The number of para-hydroxylation sites is 1. The average molecular weight is 438 g/mol. The van der Waals surface area contributed by atoms with Crippen LogP contribution in [0.4, 0.5) is 5.69 Å². The van der Waals surface area contributed by atoms with E-state index in [1.54, 1.807) is 36.4 Å². The van der Waals surface area contributed by atoms with Crippen LogP contribution in [0, 0.1) is 0 Å². The van der Waals surface area contributed by atoms with Crippen molar-refractivity contribution >= 4 is 35.0 Å². The summed E-state index contributed by atoms with van der Waals surface area (Å²) in [5, 5.41) is 2.90. The second-order valence-corrected chi connectivity index (χ2v) is 9.08. The van der Waals surface area contributed by atoms with Gasteiger partial charge in [0.25, 0.3) is 0 Å². The molecule has 7 heteroatoms. The van der Waals surface area contributed by atoms with Gasteiger partial charge >= 0.3 is 0 Å². The zero-order valence-electron chi connectivity index (χ0n) is 17.5. The van der Waals surface area contributed by atoms with Gasteiger partial charge in [-0.1, -0.05) is 42.5 Å². The summed E-state index contributed by atoms with van der Waals surface area (Å²) in [7, 11) is 0. The van der Waals surface area contributed by atoms with E-state index in [9.17, 15) is 14.4 Å². The van der Waals surface area contributed by atoms with Crippen LogP contribution in [0.3, 0.4) is 0 Å². The monoisotopic (exact) mass is 437 g/mol. The van der Waals surface area contributed by atoms with Gasteiger partial charge in [0.05, 0.1) is 18.3 Å². The second kappa shape index (κ2) is 10.1. The third-order valence-corrected chi connectivity index (χ3v) is 6.74. The molecule has 0 spiro atoms. The van der Waals surface area contributed by atoms with Crippen LogP contribution >= 0.6 is 11.8 Å². The van der Waals surface area contributed by atoms with E-state index in [4.69, 9.17) is 0 Å². The molecule has 1 N–H and O–H groups in total. The largest absolute Gasteiger partial charge is 0.340 e. The van der Waals surface area contributed by atoms with E-state index in [0.717, 1.165) is 44.0 Å². The first-order valence-electron chi connectivity index (χ1n) is 10.7. The van der Waals surface area contributed by atoms with Crippen molar-refractivity contribution in [3.05, 3.63) is 65.7 Å². The van der Waals surface area contributed by atoms with Crippen LogP contribution in [-0.4, -0.2) is 71.1 Å². The summed E-state index contributed by atoms with van der Waals surface area (Å²) in [6, 6.07) is 15.9. The Morgan fingerprint density at radius 2 is 1.65 bits per heavy atom. The van der Waals surface area contributed by atoms with Gasteiger partial charge < -0.3 is 10.2 Å². The molecule has 1 atom stereocenters. The molecule has 0 bridgehead atoms. The Balaban J connectivity index is 1.42. The molecular weight excluding hydrogens is 410 g/mol. The molecule has 0 aromatic heterocycles. The standard InChI is InChI=1S/C24H27N3O3S/c28-22(17-27-12-6-11-21(27)24(30)26-13-15-31-16-14-26)25-20-10-5-4-9-19(20)23(29)18-7-2-1-3-8-18/h1-5,7-10,21H,6,11-17H2,(H,25,28). The highest BCUT2D eigenvalue weighted by Crippen LogP contribution is 2.23. The number of benzene rings is 2. The minimum Gasteiger partial charge on any atom is -0.340 e. The van der Waals surface area contributed by atoms with E-state index in [-0.39, 0.29) is 30.2 Å². The number of carbonyl (C=O) groups excluding carboxylic acids is 3. The van der Waals surface area contributed by atoms with Gasteiger partial charge in [-0.3, -0.25) is 19.3 Å². The molecule has 2 amide bonds. The molecule has 2 fully saturated rings. The number of anilines is 1. The predicted molar refractivity (Wildman–Crippen MR) is 123 cm³/mol. The molecule has 2 aliphatic rings. The number of ketones is 1. The number of carbonyl (C=O) groups is 3. The molecular formula is C24H27N3O3S. The number of hydrogen-bond acceptors (Lipinski definition) is 5. The molecule has 1 unspecified atom stereocenters. The fourth-order valence-electron chi connectivity index (χ4n) is 4.20. The molecule has 2 saturated heterocycles. The number of rotatable bonds is 6. The first-order valence-corrected chi connectivity index (χ1v) is 11.9. The highest BCUT2D eigenvalue weighted by atomic mass is 32.2. The summed E-state index contributed by atoms with van der Waals surface area (Å²) in [6.07, 6.45) is 1.70. The smallest absolute Gasteiger partial charge is 0.239 e. The summed E-state index contributed by atoms with van der Waals surface area (Å²) in [4.78, 5) is 42.6. The quantitative estimate of drug-likeness (QED) is 0.704. The van der Waals surface area contributed by atoms with Crippen LogP contribution in [0.2, 0.25) is 0 Å². The topological polar surface area (TPSA) is 69.7 Å². The zero-order chi connectivity index (χ0) is 21.6. The molecule has 2 aromatic rings. The van der Waals surface area contributed by atoms with E-state index < -0.39 is 0 Å². The second-order valence-electron chi connectivity index (χ2n) is 7.86. The van der Waals surface area contributed by atoms with E-state index in [1.165, 1.54) is 0 Å². The summed E-state index contributed by atoms with van der Waals surface area (Å²) in [5.74, 6) is 1.76. The molecule has 2 heterocycles. The first-order chi connectivity index (χ1) is 15.1. The molecule has 0 radical (unpaired) electrons. The Hall–Kier alpha value is -2.64. The van der Waals surface area contributed by atoms with Crippen LogP contribution in [0.25, 0.3) is 0 Å². The molecule has 0 saturated carbocycles. The van der Waals surface area contributed by atoms with Gasteiger partial charge in [0.2, 0.25) is 11.8 Å². The molecule has 2 aromatic carbocycles. The third kappa shape index (κ3) is 5.17. The van der Waals surface area contributed by atoms with Crippen molar-refractivity contribution < 1.29 is 14.4 Å². The van der Waals surface area contributed by atoms with Gasteiger partial charge in [0.15, 0.2) is 5.78 Å². The van der Waals surface area contributed by atoms with Gasteiger partial charge in [-0.15, -0.1) is 0 Å². The van der Waals surface area contributed by atoms with Gasteiger partial charge in [0, 0.05) is 35.7 Å². The molecule has 4 rings (SSSR count). The maximum Gasteiger partial charge on any atom is 0.239 e. The Labute approximate surface area is 187 Å². The van der Waals surface area contributed by atoms with Gasteiger partial charge in [-0.2, -0.15) is 11.8 Å². The maximum atomic E-state index is 12.9. The van der Waals surface area contributed by atoms with Gasteiger partial charge in [-0.05, 0) is 31.5 Å². The normalized spacial score (nSPS) is 19.2. The Bertz CT molecular complexity index is 944. The lowest BCUT2D eigenvalue weighted by atomic mass is 10.0. The minimum absolute atomic E-state index is 0.131. The minimum atomic E-state index is -0.227. The Morgan fingerprint density at radius 1 is 0.935 bits per heavy atom. The molecule has 6 nitrogen and oxygen atoms in total. The molecule has 2 aliphatic heterocycles. The van der Waals surface area contributed by atoms with Gasteiger partial charge in [-0.25, -0.2) is 0 Å². The zero-order valence-corrected chi connectivity index (χ0v) is 18.3. The lowest BCUT2D eigenvalue weighted by molar-refractivity contribution is -0.136. The van der Waals surface area contributed by atoms with E-state index in [2.05, 4.69) is 5.32 Å². The van der Waals surface area contributed by atoms with Crippen LogP contribution in [0.5, 0.6) is 0 Å². The summed E-state index contributed by atoms with van der Waals surface area (Å²) >= 11 is 1.87. The lowest BCUT2D eigenvalue weighted by Gasteiger charge is -2.32. The average Bonchev–Trinajstić information content (AvgIpc) is 3.27. The number of nitrogens with one attached hydrogen (secondary N) is 1. The van der Waals surface area contributed by atoms with E-state index in [1.807, 2.05) is 39.8 Å². The maximum absolute atomic E-state index is 12.9. The van der Waals surface area contributed by atoms with Crippen LogP contribution in [0.15, 0.2) is 54.6 Å². The number of nitrogens with zero attached hydrogens (tertiary/aromatic N) is 2. The SMILES string of the molecule is O=C(CN1CCCC1C(=O)N1CCSCC1)Nc1ccccc1C(=O)c1ccccc1. The number of thioether (sulfide) groups is 1. The number of amides is 2. The Kier molecular flexibility index (Phi) is 7.04. The van der Waals surface area contributed by atoms with Crippen LogP contribution in [0.1, 0.15) is 28.8 Å². The van der Waals surface area contributed by atoms with Crippen molar-refractivity contribution in [3.63, 3.8) is 0 Å². The fraction of sp³-hybridized carbons (Fsp3) is 0.375. The molecule has 162 valence electrons. The van der Waals surface area contributed by atoms with Crippen molar-refractivity contribution in [1.82, 2.24) is 9.80 Å². The number of hydrogen-bond donors (Lipinski definition) is 1. The molecule has 31 heavy (non-hydrogen) atoms. The van der Waals surface area contributed by atoms with Gasteiger partial charge in [0.1, 0.15) is 0 Å². The summed E-state index contributed by atoms with van der Waals surface area (Å²) in [5.41, 5.74) is 1.53. The lowest BCUT2D eigenvalue weighted by Crippen LogP contribution is -2.50. The summed E-state index contributed by atoms with van der Waals surface area (Å²) < 4.78 is 0. The summed E-state index contributed by atoms with van der Waals surface area (Å²) in [6.45, 7) is 2.45. The Morgan fingerprint density at radius 3 is 2.42 bits per heavy atom. The van der Waals surface area contributed by atoms with Crippen molar-refractivity contribution in [3.8, 4) is 0 Å². The first kappa shape index (κ1) is 21.6. The van der Waals surface area contributed by atoms with Crippen molar-refractivity contribution in [2.24, 2.45) is 0 Å². The predicted octanol–water partition coefficient (Wildman–Crippen LogP) is 2.90. The van der Waals surface area contributed by atoms with Crippen LogP contribution < -0.4 is 5.32 Å². The number of likely N-dealkylation sites (tertiary alicyclic amines) is 1. The van der Waals surface area contributed by atoms with Crippen molar-refractivity contribution in [2.45, 2.75) is 18.9 Å². The highest BCUT2D eigenvalue weighted by Gasteiger charge is 2.35. The van der Waals surface area contributed by atoms with Crippen molar-refractivity contribution in [1.29, 1.82) is 0 Å². The van der Waals surface area contributed by atoms with Crippen molar-refractivity contribution in [2.75, 3.05) is 43.0 Å². The molecule has 0 aliphatic carbocycles. The van der Waals surface area contributed by atoms with E-state index >= 15 is 0 Å². The fourth-order valence-corrected chi connectivity index (χ4v) is 5.10.